The molecule has 0 aliphatic carbocycles. The topological polar surface area (TPSA) is 21.3 Å². The quantitative estimate of drug-likeness (QED) is 0.543. The molecule has 1 rings (SSSR count). The molecule has 0 aromatic heterocycles. The van der Waals surface area contributed by atoms with Crippen LogP contribution < -0.4 is 10.1 Å². The molecule has 0 spiro atoms. The molecular formula is C17H27Cl2NO. The lowest BCUT2D eigenvalue weighted by Gasteiger charge is -2.17. The predicted octanol–water partition coefficient (Wildman–Crippen LogP) is 5.84. The number of ether oxygens (including phenoxy) is 1. The Kier molecular flexibility index (Phi) is 9.14. The van der Waals surface area contributed by atoms with Gasteiger partial charge in [0.25, 0.3) is 0 Å². The average Bonchev–Trinajstić information content (AvgIpc) is 2.41. The Labute approximate surface area is 139 Å². The molecule has 2 nitrogen and oxygen atoms in total. The second kappa shape index (κ2) is 10.3. The van der Waals surface area contributed by atoms with Crippen LogP contribution in [-0.2, 0) is 6.54 Å². The van der Waals surface area contributed by atoms with Gasteiger partial charge in [0.1, 0.15) is 5.75 Å². The SMILES string of the molecule is CCCCCCCNCc1cc(Cl)cc(Cl)c1OC(C)C. The maximum Gasteiger partial charge on any atom is 0.142 e. The van der Waals surface area contributed by atoms with E-state index in [1.54, 1.807) is 6.07 Å². The van der Waals surface area contributed by atoms with Crippen molar-refractivity contribution in [1.29, 1.82) is 0 Å². The summed E-state index contributed by atoms with van der Waals surface area (Å²) in [6.07, 6.45) is 6.52. The van der Waals surface area contributed by atoms with E-state index in [1.807, 2.05) is 19.9 Å². The summed E-state index contributed by atoms with van der Waals surface area (Å²) in [6.45, 7) is 7.97. The van der Waals surface area contributed by atoms with Gasteiger partial charge in [-0.25, -0.2) is 0 Å². The predicted molar refractivity (Wildman–Crippen MR) is 92.7 cm³/mol. The molecule has 0 aliphatic heterocycles. The van der Waals surface area contributed by atoms with E-state index in [0.29, 0.717) is 10.0 Å². The summed E-state index contributed by atoms with van der Waals surface area (Å²) in [7, 11) is 0. The highest BCUT2D eigenvalue weighted by atomic mass is 35.5. The Morgan fingerprint density at radius 2 is 1.81 bits per heavy atom. The lowest BCUT2D eigenvalue weighted by molar-refractivity contribution is 0.239. The van der Waals surface area contributed by atoms with Crippen molar-refractivity contribution in [2.45, 2.75) is 65.5 Å². The van der Waals surface area contributed by atoms with E-state index in [0.717, 1.165) is 24.4 Å². The summed E-state index contributed by atoms with van der Waals surface area (Å²) in [5.74, 6) is 0.745. The fourth-order valence-electron chi connectivity index (χ4n) is 2.19. The molecule has 1 N–H and O–H groups in total. The van der Waals surface area contributed by atoms with Gasteiger partial charge in [0, 0.05) is 17.1 Å². The van der Waals surface area contributed by atoms with Crippen molar-refractivity contribution in [1.82, 2.24) is 5.32 Å². The molecule has 0 aliphatic rings. The van der Waals surface area contributed by atoms with E-state index >= 15 is 0 Å². The smallest absolute Gasteiger partial charge is 0.142 e. The molecular weight excluding hydrogens is 305 g/mol. The fraction of sp³-hybridized carbons (Fsp3) is 0.647. The third-order valence-corrected chi connectivity index (χ3v) is 3.71. The maximum atomic E-state index is 6.24. The van der Waals surface area contributed by atoms with Gasteiger partial charge in [-0.15, -0.1) is 0 Å². The van der Waals surface area contributed by atoms with Crippen LogP contribution in [0.1, 0.15) is 58.4 Å². The van der Waals surface area contributed by atoms with Crippen LogP contribution in [-0.4, -0.2) is 12.6 Å². The van der Waals surface area contributed by atoms with Crippen LogP contribution in [0.25, 0.3) is 0 Å². The molecule has 1 aromatic carbocycles. The summed E-state index contributed by atoms with van der Waals surface area (Å²) in [5.41, 5.74) is 1.02. The lowest BCUT2D eigenvalue weighted by Crippen LogP contribution is -2.17. The second-order valence-corrected chi connectivity index (χ2v) is 6.48. The molecule has 0 saturated heterocycles. The number of hydrogen-bond donors (Lipinski definition) is 1. The molecule has 21 heavy (non-hydrogen) atoms. The zero-order chi connectivity index (χ0) is 15.7. The molecule has 0 radical (unpaired) electrons. The van der Waals surface area contributed by atoms with E-state index in [2.05, 4.69) is 12.2 Å². The van der Waals surface area contributed by atoms with Gasteiger partial charge in [0.15, 0.2) is 0 Å². The Morgan fingerprint density at radius 1 is 1.10 bits per heavy atom. The molecule has 0 unspecified atom stereocenters. The fourth-order valence-corrected chi connectivity index (χ4v) is 2.77. The first kappa shape index (κ1) is 18.6. The Balaban J connectivity index is 2.49. The van der Waals surface area contributed by atoms with Crippen molar-refractivity contribution in [3.8, 4) is 5.75 Å². The van der Waals surface area contributed by atoms with E-state index in [1.165, 1.54) is 32.1 Å². The highest BCUT2D eigenvalue weighted by Gasteiger charge is 2.12. The number of unbranched alkanes of at least 4 members (excludes halogenated alkanes) is 4. The van der Waals surface area contributed by atoms with Crippen molar-refractivity contribution in [2.24, 2.45) is 0 Å². The van der Waals surface area contributed by atoms with Gasteiger partial charge in [0.2, 0.25) is 0 Å². The van der Waals surface area contributed by atoms with Crippen LogP contribution in [0.15, 0.2) is 12.1 Å². The minimum absolute atomic E-state index is 0.0940. The van der Waals surface area contributed by atoms with Crippen LogP contribution in [0.3, 0.4) is 0 Å². The molecule has 0 fully saturated rings. The summed E-state index contributed by atoms with van der Waals surface area (Å²) in [4.78, 5) is 0. The van der Waals surface area contributed by atoms with Gasteiger partial charge in [-0.05, 0) is 38.9 Å². The van der Waals surface area contributed by atoms with E-state index < -0.39 is 0 Å². The van der Waals surface area contributed by atoms with Gasteiger partial charge in [-0.3, -0.25) is 0 Å². The third-order valence-electron chi connectivity index (χ3n) is 3.21. The van der Waals surface area contributed by atoms with Gasteiger partial charge >= 0.3 is 0 Å². The van der Waals surface area contributed by atoms with E-state index in [9.17, 15) is 0 Å². The lowest BCUT2D eigenvalue weighted by atomic mass is 10.1. The summed E-state index contributed by atoms with van der Waals surface area (Å²) >= 11 is 12.3. The molecule has 0 heterocycles. The molecule has 0 amide bonds. The van der Waals surface area contributed by atoms with Gasteiger partial charge in [-0.2, -0.15) is 0 Å². The summed E-state index contributed by atoms with van der Waals surface area (Å²) < 4.78 is 5.81. The minimum atomic E-state index is 0.0940. The second-order valence-electron chi connectivity index (χ2n) is 5.63. The monoisotopic (exact) mass is 331 g/mol. The number of rotatable bonds is 10. The van der Waals surface area contributed by atoms with Crippen LogP contribution in [0.5, 0.6) is 5.75 Å². The number of benzene rings is 1. The van der Waals surface area contributed by atoms with E-state index in [4.69, 9.17) is 27.9 Å². The zero-order valence-corrected chi connectivity index (χ0v) is 14.9. The van der Waals surface area contributed by atoms with Crippen LogP contribution in [0.4, 0.5) is 0 Å². The summed E-state index contributed by atoms with van der Waals surface area (Å²) in [5, 5.41) is 4.68. The average molecular weight is 332 g/mol. The van der Waals surface area contributed by atoms with Crippen LogP contribution in [0, 0.1) is 0 Å². The largest absolute Gasteiger partial charge is 0.489 e. The van der Waals surface area contributed by atoms with E-state index in [-0.39, 0.29) is 6.10 Å². The van der Waals surface area contributed by atoms with Crippen LogP contribution >= 0.6 is 23.2 Å². The molecule has 120 valence electrons. The molecule has 0 atom stereocenters. The first-order chi connectivity index (χ1) is 10.0. The van der Waals surface area contributed by atoms with Gasteiger partial charge < -0.3 is 10.1 Å². The minimum Gasteiger partial charge on any atom is -0.489 e. The van der Waals surface area contributed by atoms with Crippen molar-refractivity contribution in [3.05, 3.63) is 27.7 Å². The highest BCUT2D eigenvalue weighted by molar-refractivity contribution is 6.35. The molecule has 0 bridgehead atoms. The van der Waals surface area contributed by atoms with Crippen molar-refractivity contribution >= 4 is 23.2 Å². The first-order valence-corrected chi connectivity index (χ1v) is 8.65. The van der Waals surface area contributed by atoms with Crippen molar-refractivity contribution in [2.75, 3.05) is 6.54 Å². The van der Waals surface area contributed by atoms with Gasteiger partial charge in [0.05, 0.1) is 11.1 Å². The van der Waals surface area contributed by atoms with Crippen molar-refractivity contribution in [3.63, 3.8) is 0 Å². The maximum absolute atomic E-state index is 6.24. The summed E-state index contributed by atoms with van der Waals surface area (Å²) in [6, 6.07) is 3.66. The highest BCUT2D eigenvalue weighted by Crippen LogP contribution is 2.33. The van der Waals surface area contributed by atoms with Crippen LogP contribution in [0.2, 0.25) is 10.0 Å². The number of halogens is 2. The standard InChI is InChI=1S/C17H27Cl2NO/c1-4-5-6-7-8-9-20-12-14-10-15(18)11-16(19)17(14)21-13(2)3/h10-11,13,20H,4-9,12H2,1-3H3. The zero-order valence-electron chi connectivity index (χ0n) is 13.3. The molecule has 1 aromatic rings. The number of nitrogens with one attached hydrogen (secondary N) is 1. The Hall–Kier alpha value is -0.440. The first-order valence-electron chi connectivity index (χ1n) is 7.89. The molecule has 4 heteroatoms. The Morgan fingerprint density at radius 3 is 2.48 bits per heavy atom. The Bertz CT molecular complexity index is 421. The normalized spacial score (nSPS) is 11.1. The molecule has 0 saturated carbocycles. The van der Waals surface area contributed by atoms with Crippen molar-refractivity contribution < 1.29 is 4.74 Å². The number of hydrogen-bond acceptors (Lipinski definition) is 2. The third kappa shape index (κ3) is 7.39. The van der Waals surface area contributed by atoms with Gasteiger partial charge in [-0.1, -0.05) is 55.8 Å².